The SMILES string of the molecule is CC(C)C[C@@H](NC(=O)CCSc1ccccc1F)C(=O)O. The molecule has 4 nitrogen and oxygen atoms in total. The average Bonchev–Trinajstić information content (AvgIpc) is 2.39. The minimum Gasteiger partial charge on any atom is -0.480 e. The third-order valence-corrected chi connectivity index (χ3v) is 3.81. The fourth-order valence-electron chi connectivity index (χ4n) is 1.77. The van der Waals surface area contributed by atoms with Gasteiger partial charge in [0.2, 0.25) is 5.91 Å². The van der Waals surface area contributed by atoms with Gasteiger partial charge in [0, 0.05) is 17.1 Å². The van der Waals surface area contributed by atoms with E-state index in [0.717, 1.165) is 0 Å². The average molecular weight is 313 g/mol. The molecule has 0 saturated carbocycles. The Hall–Kier alpha value is -1.56. The molecular formula is C15H20FNO3S. The summed E-state index contributed by atoms with van der Waals surface area (Å²) in [6.45, 7) is 3.80. The lowest BCUT2D eigenvalue weighted by molar-refractivity contribution is -0.142. The van der Waals surface area contributed by atoms with Crippen molar-refractivity contribution in [3.05, 3.63) is 30.1 Å². The van der Waals surface area contributed by atoms with Crippen molar-refractivity contribution in [3.8, 4) is 0 Å². The normalized spacial score (nSPS) is 12.2. The molecule has 0 fully saturated rings. The minimum atomic E-state index is -1.03. The summed E-state index contributed by atoms with van der Waals surface area (Å²) < 4.78 is 13.4. The van der Waals surface area contributed by atoms with Gasteiger partial charge in [-0.15, -0.1) is 11.8 Å². The van der Waals surface area contributed by atoms with Crippen LogP contribution in [0.15, 0.2) is 29.2 Å². The van der Waals surface area contributed by atoms with Crippen LogP contribution in [0.3, 0.4) is 0 Å². The van der Waals surface area contributed by atoms with Crippen molar-refractivity contribution in [2.75, 3.05) is 5.75 Å². The molecule has 6 heteroatoms. The van der Waals surface area contributed by atoms with Gasteiger partial charge >= 0.3 is 5.97 Å². The van der Waals surface area contributed by atoms with Crippen LogP contribution in [0.5, 0.6) is 0 Å². The van der Waals surface area contributed by atoms with Gasteiger partial charge < -0.3 is 10.4 Å². The van der Waals surface area contributed by atoms with Crippen LogP contribution in [0, 0.1) is 11.7 Å². The summed E-state index contributed by atoms with van der Waals surface area (Å²) in [5.41, 5.74) is 0. The molecule has 1 amide bonds. The highest BCUT2D eigenvalue weighted by Crippen LogP contribution is 2.21. The van der Waals surface area contributed by atoms with Crippen LogP contribution in [0.4, 0.5) is 4.39 Å². The molecule has 0 radical (unpaired) electrons. The van der Waals surface area contributed by atoms with Crippen LogP contribution in [-0.4, -0.2) is 28.8 Å². The molecule has 0 aromatic heterocycles. The summed E-state index contributed by atoms with van der Waals surface area (Å²) in [6, 6.07) is 5.49. The molecule has 0 spiro atoms. The first-order valence-electron chi connectivity index (χ1n) is 6.79. The third-order valence-electron chi connectivity index (χ3n) is 2.76. The number of carbonyl (C=O) groups is 2. The summed E-state index contributed by atoms with van der Waals surface area (Å²) in [4.78, 5) is 23.3. The lowest BCUT2D eigenvalue weighted by Crippen LogP contribution is -2.41. The van der Waals surface area contributed by atoms with Gasteiger partial charge in [0.1, 0.15) is 11.9 Å². The summed E-state index contributed by atoms with van der Waals surface area (Å²) >= 11 is 1.24. The van der Waals surface area contributed by atoms with Crippen LogP contribution < -0.4 is 5.32 Å². The Morgan fingerprint density at radius 1 is 1.33 bits per heavy atom. The predicted molar refractivity (Wildman–Crippen MR) is 80.8 cm³/mol. The van der Waals surface area contributed by atoms with E-state index in [4.69, 9.17) is 5.11 Å². The fourth-order valence-corrected chi connectivity index (χ4v) is 2.66. The van der Waals surface area contributed by atoms with Crippen molar-refractivity contribution in [2.24, 2.45) is 5.92 Å². The number of hydrogen-bond donors (Lipinski definition) is 2. The number of carboxylic acids is 1. The smallest absolute Gasteiger partial charge is 0.326 e. The van der Waals surface area contributed by atoms with Gasteiger partial charge in [-0.1, -0.05) is 26.0 Å². The zero-order valence-corrected chi connectivity index (χ0v) is 13.0. The van der Waals surface area contributed by atoms with Gasteiger partial charge in [0.15, 0.2) is 0 Å². The Balaban J connectivity index is 2.39. The first-order valence-corrected chi connectivity index (χ1v) is 7.78. The van der Waals surface area contributed by atoms with E-state index < -0.39 is 12.0 Å². The molecule has 0 heterocycles. The standard InChI is InChI=1S/C15H20FNO3S/c1-10(2)9-12(15(19)20)17-14(18)7-8-21-13-6-4-3-5-11(13)16/h3-6,10,12H,7-9H2,1-2H3,(H,17,18)(H,19,20)/t12-/m1/s1. The number of thioether (sulfide) groups is 1. The van der Waals surface area contributed by atoms with E-state index >= 15 is 0 Å². The second-order valence-corrected chi connectivity index (χ2v) is 6.25. The van der Waals surface area contributed by atoms with Crippen molar-refractivity contribution in [2.45, 2.75) is 37.6 Å². The van der Waals surface area contributed by atoms with Gasteiger partial charge in [-0.05, 0) is 24.5 Å². The molecule has 0 aliphatic rings. The van der Waals surface area contributed by atoms with Crippen LogP contribution >= 0.6 is 11.8 Å². The molecule has 2 N–H and O–H groups in total. The molecule has 1 atom stereocenters. The Kier molecular flexibility index (Phi) is 7.22. The van der Waals surface area contributed by atoms with E-state index in [2.05, 4.69) is 5.32 Å². The van der Waals surface area contributed by atoms with Crippen LogP contribution in [0.2, 0.25) is 0 Å². The van der Waals surface area contributed by atoms with E-state index in [9.17, 15) is 14.0 Å². The molecule has 21 heavy (non-hydrogen) atoms. The fraction of sp³-hybridized carbons (Fsp3) is 0.467. The first-order chi connectivity index (χ1) is 9.90. The monoisotopic (exact) mass is 313 g/mol. The zero-order chi connectivity index (χ0) is 15.8. The molecular weight excluding hydrogens is 293 g/mol. The van der Waals surface area contributed by atoms with Crippen molar-refractivity contribution in [1.29, 1.82) is 0 Å². The number of amides is 1. The second-order valence-electron chi connectivity index (χ2n) is 5.12. The maximum atomic E-state index is 13.4. The van der Waals surface area contributed by atoms with E-state index in [1.54, 1.807) is 18.2 Å². The molecule has 0 saturated heterocycles. The van der Waals surface area contributed by atoms with Crippen molar-refractivity contribution < 1.29 is 19.1 Å². The molecule has 1 rings (SSSR count). The molecule has 0 bridgehead atoms. The predicted octanol–water partition coefficient (Wildman–Crippen LogP) is 2.92. The highest BCUT2D eigenvalue weighted by Gasteiger charge is 2.20. The lowest BCUT2D eigenvalue weighted by Gasteiger charge is -2.16. The molecule has 1 aromatic carbocycles. The van der Waals surface area contributed by atoms with Gasteiger partial charge in [-0.2, -0.15) is 0 Å². The largest absolute Gasteiger partial charge is 0.480 e. The number of rotatable bonds is 8. The number of halogens is 1. The van der Waals surface area contributed by atoms with Crippen LogP contribution in [0.25, 0.3) is 0 Å². The van der Waals surface area contributed by atoms with Crippen LogP contribution in [0.1, 0.15) is 26.7 Å². The Morgan fingerprint density at radius 2 is 2.00 bits per heavy atom. The Labute approximate surface area is 128 Å². The third kappa shape index (κ3) is 6.62. The Morgan fingerprint density at radius 3 is 2.57 bits per heavy atom. The number of aliphatic carboxylic acids is 1. The van der Waals surface area contributed by atoms with E-state index in [1.807, 2.05) is 13.8 Å². The van der Waals surface area contributed by atoms with Gasteiger partial charge in [-0.3, -0.25) is 4.79 Å². The summed E-state index contributed by atoms with van der Waals surface area (Å²) in [6.07, 6.45) is 0.544. The van der Waals surface area contributed by atoms with Gasteiger partial charge in [0.05, 0.1) is 0 Å². The quantitative estimate of drug-likeness (QED) is 0.724. The van der Waals surface area contributed by atoms with E-state index in [1.165, 1.54) is 17.8 Å². The summed E-state index contributed by atoms with van der Waals surface area (Å²) in [5, 5.41) is 11.5. The molecule has 1 aromatic rings. The molecule has 0 aliphatic carbocycles. The number of carbonyl (C=O) groups excluding carboxylic acids is 1. The van der Waals surface area contributed by atoms with Gasteiger partial charge in [-0.25, -0.2) is 9.18 Å². The lowest BCUT2D eigenvalue weighted by atomic mass is 10.0. The number of benzene rings is 1. The van der Waals surface area contributed by atoms with Gasteiger partial charge in [0.25, 0.3) is 0 Å². The maximum Gasteiger partial charge on any atom is 0.326 e. The van der Waals surface area contributed by atoms with E-state index in [0.29, 0.717) is 17.1 Å². The van der Waals surface area contributed by atoms with E-state index in [-0.39, 0.29) is 24.1 Å². The molecule has 116 valence electrons. The second kappa shape index (κ2) is 8.67. The highest BCUT2D eigenvalue weighted by atomic mass is 32.2. The highest BCUT2D eigenvalue weighted by molar-refractivity contribution is 7.99. The zero-order valence-electron chi connectivity index (χ0n) is 12.1. The van der Waals surface area contributed by atoms with Crippen molar-refractivity contribution in [1.82, 2.24) is 5.32 Å². The van der Waals surface area contributed by atoms with Crippen molar-refractivity contribution in [3.63, 3.8) is 0 Å². The van der Waals surface area contributed by atoms with Crippen molar-refractivity contribution >= 4 is 23.6 Å². The molecule has 0 aliphatic heterocycles. The number of nitrogens with one attached hydrogen (secondary N) is 1. The number of hydrogen-bond acceptors (Lipinski definition) is 3. The Bertz CT molecular complexity index is 494. The molecule has 0 unspecified atom stereocenters. The van der Waals surface area contributed by atoms with Crippen LogP contribution in [-0.2, 0) is 9.59 Å². The maximum absolute atomic E-state index is 13.4. The topological polar surface area (TPSA) is 66.4 Å². The first kappa shape index (κ1) is 17.5. The number of carboxylic acid groups (broad SMARTS) is 1. The summed E-state index contributed by atoms with van der Waals surface area (Å²) in [7, 11) is 0. The minimum absolute atomic E-state index is 0.154. The summed E-state index contributed by atoms with van der Waals surface area (Å²) in [5.74, 6) is -1.09.